The predicted octanol–water partition coefficient (Wildman–Crippen LogP) is 4.62. The Morgan fingerprint density at radius 3 is 2.78 bits per heavy atom. The van der Waals surface area contributed by atoms with Gasteiger partial charge in [0.15, 0.2) is 0 Å². The molecule has 1 heterocycles. The SMILES string of the molecule is CCC[C@H]1COCCN1C(=O)c1cccc(-c2cc(C)c(OC)cc2C)c1. The van der Waals surface area contributed by atoms with Crippen molar-refractivity contribution in [2.45, 2.75) is 39.7 Å². The number of amides is 1. The maximum absolute atomic E-state index is 13.2. The maximum Gasteiger partial charge on any atom is 0.254 e. The van der Waals surface area contributed by atoms with Crippen molar-refractivity contribution in [3.63, 3.8) is 0 Å². The Balaban J connectivity index is 1.91. The molecule has 4 heteroatoms. The van der Waals surface area contributed by atoms with Crippen molar-refractivity contribution in [2.24, 2.45) is 0 Å². The average Bonchev–Trinajstić information content (AvgIpc) is 2.69. The summed E-state index contributed by atoms with van der Waals surface area (Å²) in [5.74, 6) is 0.987. The summed E-state index contributed by atoms with van der Waals surface area (Å²) in [6, 6.07) is 12.3. The van der Waals surface area contributed by atoms with Crippen molar-refractivity contribution in [3.8, 4) is 16.9 Å². The lowest BCUT2D eigenvalue weighted by atomic mass is 9.96. The number of ether oxygens (including phenoxy) is 2. The number of rotatable bonds is 5. The summed E-state index contributed by atoms with van der Waals surface area (Å²) >= 11 is 0. The van der Waals surface area contributed by atoms with Crippen LogP contribution in [0.1, 0.15) is 41.3 Å². The molecule has 1 fully saturated rings. The molecule has 0 unspecified atom stereocenters. The second kappa shape index (κ2) is 8.57. The summed E-state index contributed by atoms with van der Waals surface area (Å²) in [4.78, 5) is 15.2. The molecule has 1 amide bonds. The van der Waals surface area contributed by atoms with Gasteiger partial charge in [0.25, 0.3) is 5.91 Å². The zero-order chi connectivity index (χ0) is 19.4. The largest absolute Gasteiger partial charge is 0.496 e. The Kier molecular flexibility index (Phi) is 6.17. The first-order valence-electron chi connectivity index (χ1n) is 9.69. The van der Waals surface area contributed by atoms with E-state index in [4.69, 9.17) is 9.47 Å². The van der Waals surface area contributed by atoms with Crippen LogP contribution in [0.5, 0.6) is 5.75 Å². The quantitative estimate of drug-likeness (QED) is 0.774. The van der Waals surface area contributed by atoms with E-state index in [0.717, 1.165) is 46.4 Å². The van der Waals surface area contributed by atoms with Crippen molar-refractivity contribution in [3.05, 3.63) is 53.1 Å². The van der Waals surface area contributed by atoms with Gasteiger partial charge in [-0.2, -0.15) is 0 Å². The van der Waals surface area contributed by atoms with E-state index in [1.807, 2.05) is 30.0 Å². The highest BCUT2D eigenvalue weighted by molar-refractivity contribution is 5.96. The summed E-state index contributed by atoms with van der Waals surface area (Å²) < 4.78 is 11.0. The smallest absolute Gasteiger partial charge is 0.254 e. The first-order valence-corrected chi connectivity index (χ1v) is 9.69. The van der Waals surface area contributed by atoms with Gasteiger partial charge in [0.2, 0.25) is 0 Å². The lowest BCUT2D eigenvalue weighted by Gasteiger charge is -2.35. The summed E-state index contributed by atoms with van der Waals surface area (Å²) in [6.07, 6.45) is 2.02. The first-order chi connectivity index (χ1) is 13.0. The normalized spacial score (nSPS) is 17.0. The molecule has 27 heavy (non-hydrogen) atoms. The summed E-state index contributed by atoms with van der Waals surface area (Å²) in [6.45, 7) is 8.17. The Hall–Kier alpha value is -2.33. The van der Waals surface area contributed by atoms with E-state index in [2.05, 4.69) is 32.0 Å². The van der Waals surface area contributed by atoms with Gasteiger partial charge in [-0.1, -0.05) is 25.5 Å². The average molecular weight is 367 g/mol. The fourth-order valence-corrected chi connectivity index (χ4v) is 3.80. The second-order valence-electron chi connectivity index (χ2n) is 7.23. The van der Waals surface area contributed by atoms with Crippen LogP contribution in [0.25, 0.3) is 11.1 Å². The number of nitrogens with zero attached hydrogens (tertiary/aromatic N) is 1. The van der Waals surface area contributed by atoms with Crippen molar-refractivity contribution in [2.75, 3.05) is 26.9 Å². The highest BCUT2D eigenvalue weighted by Gasteiger charge is 2.27. The number of hydrogen-bond donors (Lipinski definition) is 0. The summed E-state index contributed by atoms with van der Waals surface area (Å²) in [5, 5.41) is 0. The number of aryl methyl sites for hydroxylation is 2. The van der Waals surface area contributed by atoms with Crippen LogP contribution < -0.4 is 4.74 Å². The van der Waals surface area contributed by atoms with Crippen molar-refractivity contribution in [1.82, 2.24) is 4.90 Å². The van der Waals surface area contributed by atoms with E-state index in [0.29, 0.717) is 19.8 Å². The zero-order valence-electron chi connectivity index (χ0n) is 16.7. The molecule has 1 saturated heterocycles. The van der Waals surface area contributed by atoms with E-state index in [1.54, 1.807) is 7.11 Å². The molecular weight excluding hydrogens is 338 g/mol. The molecule has 3 rings (SSSR count). The second-order valence-corrected chi connectivity index (χ2v) is 7.23. The molecule has 0 aromatic heterocycles. The van der Waals surface area contributed by atoms with Crippen LogP contribution in [-0.2, 0) is 4.74 Å². The van der Waals surface area contributed by atoms with Crippen molar-refractivity contribution < 1.29 is 14.3 Å². The Morgan fingerprint density at radius 1 is 1.22 bits per heavy atom. The lowest BCUT2D eigenvalue weighted by molar-refractivity contribution is -0.00433. The lowest BCUT2D eigenvalue weighted by Crippen LogP contribution is -2.48. The Morgan fingerprint density at radius 2 is 2.04 bits per heavy atom. The number of benzene rings is 2. The zero-order valence-corrected chi connectivity index (χ0v) is 16.7. The minimum Gasteiger partial charge on any atom is -0.496 e. The molecular formula is C23H29NO3. The number of hydrogen-bond acceptors (Lipinski definition) is 3. The van der Waals surface area contributed by atoms with Crippen LogP contribution in [0.15, 0.2) is 36.4 Å². The number of morpholine rings is 1. The molecule has 2 aromatic rings. The fraction of sp³-hybridized carbons (Fsp3) is 0.435. The van der Waals surface area contributed by atoms with E-state index >= 15 is 0 Å². The molecule has 0 N–H and O–H groups in total. The van der Waals surface area contributed by atoms with Gasteiger partial charge < -0.3 is 14.4 Å². The minimum absolute atomic E-state index is 0.0986. The molecule has 2 aromatic carbocycles. The maximum atomic E-state index is 13.2. The van der Waals surface area contributed by atoms with Crippen LogP contribution >= 0.6 is 0 Å². The van der Waals surface area contributed by atoms with Gasteiger partial charge in [-0.25, -0.2) is 0 Å². The van der Waals surface area contributed by atoms with Crippen LogP contribution in [0.4, 0.5) is 0 Å². The van der Waals surface area contributed by atoms with Gasteiger partial charge in [0, 0.05) is 12.1 Å². The van der Waals surface area contributed by atoms with E-state index < -0.39 is 0 Å². The number of carbonyl (C=O) groups excluding carboxylic acids is 1. The van der Waals surface area contributed by atoms with E-state index in [1.165, 1.54) is 0 Å². The molecule has 4 nitrogen and oxygen atoms in total. The molecule has 0 spiro atoms. The van der Waals surface area contributed by atoms with Gasteiger partial charge >= 0.3 is 0 Å². The van der Waals surface area contributed by atoms with Crippen LogP contribution in [0.3, 0.4) is 0 Å². The molecule has 0 aliphatic carbocycles. The highest BCUT2D eigenvalue weighted by atomic mass is 16.5. The van der Waals surface area contributed by atoms with Gasteiger partial charge in [-0.3, -0.25) is 4.79 Å². The van der Waals surface area contributed by atoms with Crippen molar-refractivity contribution >= 4 is 5.91 Å². The number of carbonyl (C=O) groups is 1. The standard InChI is InChI=1S/C23H29NO3/c1-5-7-20-15-27-11-10-24(20)23(25)19-9-6-8-18(14-19)21-12-17(3)22(26-4)13-16(21)2/h6,8-9,12-14,20H,5,7,10-11,15H2,1-4H3/t20-/m0/s1. The molecule has 0 bridgehead atoms. The van der Waals surface area contributed by atoms with Gasteiger partial charge in [-0.15, -0.1) is 0 Å². The monoisotopic (exact) mass is 367 g/mol. The molecule has 0 saturated carbocycles. The number of methoxy groups -OCH3 is 1. The Bertz CT molecular complexity index is 813. The molecule has 144 valence electrons. The highest BCUT2D eigenvalue weighted by Crippen LogP contribution is 2.31. The molecule has 1 atom stereocenters. The van der Waals surface area contributed by atoms with Crippen LogP contribution in [-0.4, -0.2) is 43.7 Å². The third kappa shape index (κ3) is 4.16. The topological polar surface area (TPSA) is 38.8 Å². The fourth-order valence-electron chi connectivity index (χ4n) is 3.80. The van der Waals surface area contributed by atoms with Gasteiger partial charge in [0.1, 0.15) is 5.75 Å². The molecule has 0 radical (unpaired) electrons. The Labute approximate surface area is 162 Å². The molecule has 1 aliphatic rings. The van der Waals surface area contributed by atoms with Gasteiger partial charge in [0.05, 0.1) is 26.4 Å². The summed E-state index contributed by atoms with van der Waals surface area (Å²) in [5.41, 5.74) is 5.16. The predicted molar refractivity (Wildman–Crippen MR) is 108 cm³/mol. The third-order valence-corrected chi connectivity index (χ3v) is 5.27. The summed E-state index contributed by atoms with van der Waals surface area (Å²) in [7, 11) is 1.69. The minimum atomic E-state index is 0.0986. The van der Waals surface area contributed by atoms with Crippen LogP contribution in [0, 0.1) is 13.8 Å². The van der Waals surface area contributed by atoms with Crippen molar-refractivity contribution in [1.29, 1.82) is 0 Å². The first kappa shape index (κ1) is 19.4. The van der Waals surface area contributed by atoms with E-state index in [-0.39, 0.29) is 11.9 Å². The van der Waals surface area contributed by atoms with Crippen LogP contribution in [0.2, 0.25) is 0 Å². The van der Waals surface area contributed by atoms with Gasteiger partial charge in [-0.05, 0) is 66.8 Å². The molecule has 1 aliphatic heterocycles. The third-order valence-electron chi connectivity index (χ3n) is 5.27. The van der Waals surface area contributed by atoms with E-state index in [9.17, 15) is 4.79 Å².